The van der Waals surface area contributed by atoms with Crippen molar-refractivity contribution in [1.29, 1.82) is 0 Å². The molecule has 0 saturated heterocycles. The average molecular weight is 388 g/mol. The molecule has 5 nitrogen and oxygen atoms in total. The number of hydrogen-bond acceptors (Lipinski definition) is 4. The SMILES string of the molecule is Cc1ccc(C(=O)OCc2c(F)cccc2Cl)cc1NC(=O)c1ccco1. The Morgan fingerprint density at radius 1 is 1.19 bits per heavy atom. The average Bonchev–Trinajstić information content (AvgIpc) is 3.18. The van der Waals surface area contributed by atoms with E-state index in [1.165, 1.54) is 36.6 Å². The summed E-state index contributed by atoms with van der Waals surface area (Å²) in [5, 5.41) is 2.86. The lowest BCUT2D eigenvalue weighted by Gasteiger charge is -2.11. The van der Waals surface area contributed by atoms with Gasteiger partial charge in [-0.2, -0.15) is 0 Å². The van der Waals surface area contributed by atoms with Crippen molar-refractivity contribution in [3.8, 4) is 0 Å². The Morgan fingerprint density at radius 2 is 2.00 bits per heavy atom. The maximum Gasteiger partial charge on any atom is 0.338 e. The molecule has 1 heterocycles. The highest BCUT2D eigenvalue weighted by Crippen LogP contribution is 2.22. The van der Waals surface area contributed by atoms with Crippen molar-refractivity contribution in [2.75, 3.05) is 5.32 Å². The third-order valence-corrected chi connectivity index (χ3v) is 4.23. The van der Waals surface area contributed by atoms with Gasteiger partial charge in [-0.25, -0.2) is 9.18 Å². The van der Waals surface area contributed by atoms with Gasteiger partial charge in [-0.15, -0.1) is 0 Å². The van der Waals surface area contributed by atoms with Gasteiger partial charge in [0.05, 0.1) is 16.8 Å². The molecule has 0 aliphatic carbocycles. The molecule has 7 heteroatoms. The molecule has 1 aromatic heterocycles. The van der Waals surface area contributed by atoms with Crippen LogP contribution in [0.15, 0.2) is 59.2 Å². The van der Waals surface area contributed by atoms with Crippen LogP contribution in [-0.4, -0.2) is 11.9 Å². The predicted octanol–water partition coefficient (Wildman–Crippen LogP) is 4.99. The van der Waals surface area contributed by atoms with E-state index in [0.717, 1.165) is 5.56 Å². The highest BCUT2D eigenvalue weighted by molar-refractivity contribution is 6.31. The highest BCUT2D eigenvalue weighted by Gasteiger charge is 2.15. The summed E-state index contributed by atoms with van der Waals surface area (Å²) >= 11 is 5.92. The van der Waals surface area contributed by atoms with Crippen LogP contribution in [0.3, 0.4) is 0 Å². The van der Waals surface area contributed by atoms with Crippen molar-refractivity contribution in [2.24, 2.45) is 0 Å². The standard InChI is InChI=1S/C20H15ClFNO4/c1-12-7-8-13(10-17(12)23-19(24)18-6-3-9-26-18)20(25)27-11-14-15(21)4-2-5-16(14)22/h2-10H,11H2,1H3,(H,23,24). The van der Waals surface area contributed by atoms with Gasteiger partial charge in [0.15, 0.2) is 5.76 Å². The lowest BCUT2D eigenvalue weighted by Crippen LogP contribution is -2.13. The number of nitrogens with one attached hydrogen (secondary N) is 1. The van der Waals surface area contributed by atoms with Crippen molar-refractivity contribution in [2.45, 2.75) is 13.5 Å². The lowest BCUT2D eigenvalue weighted by atomic mass is 10.1. The van der Waals surface area contributed by atoms with E-state index in [-0.39, 0.29) is 28.5 Å². The molecule has 3 rings (SSSR count). The maximum atomic E-state index is 13.8. The fraction of sp³-hybridized carbons (Fsp3) is 0.100. The summed E-state index contributed by atoms with van der Waals surface area (Å²) in [5.41, 5.74) is 1.51. The third-order valence-electron chi connectivity index (χ3n) is 3.88. The van der Waals surface area contributed by atoms with Crippen molar-refractivity contribution in [3.05, 3.63) is 88.1 Å². The molecule has 1 N–H and O–H groups in total. The van der Waals surface area contributed by atoms with Crippen LogP contribution in [0, 0.1) is 12.7 Å². The number of hydrogen-bond donors (Lipinski definition) is 1. The first kappa shape index (κ1) is 18.7. The first-order chi connectivity index (χ1) is 13.0. The first-order valence-electron chi connectivity index (χ1n) is 8.01. The Kier molecular flexibility index (Phi) is 5.57. The summed E-state index contributed by atoms with van der Waals surface area (Å²) in [6.45, 7) is 1.48. The minimum Gasteiger partial charge on any atom is -0.459 e. The van der Waals surface area contributed by atoms with E-state index >= 15 is 0 Å². The number of anilines is 1. The maximum absolute atomic E-state index is 13.8. The summed E-state index contributed by atoms with van der Waals surface area (Å²) in [7, 11) is 0. The van der Waals surface area contributed by atoms with Crippen LogP contribution in [0.5, 0.6) is 0 Å². The van der Waals surface area contributed by atoms with Crippen molar-refractivity contribution < 1.29 is 23.1 Å². The summed E-state index contributed by atoms with van der Waals surface area (Å²) in [5.74, 6) is -1.50. The van der Waals surface area contributed by atoms with Crippen molar-refractivity contribution >= 4 is 29.2 Å². The monoisotopic (exact) mass is 387 g/mol. The van der Waals surface area contributed by atoms with E-state index in [2.05, 4.69) is 5.32 Å². The summed E-state index contributed by atoms with van der Waals surface area (Å²) in [6, 6.07) is 12.1. The van der Waals surface area contributed by atoms with Crippen LogP contribution < -0.4 is 5.32 Å². The fourth-order valence-electron chi connectivity index (χ4n) is 2.37. The summed E-state index contributed by atoms with van der Waals surface area (Å²) in [6.07, 6.45) is 1.39. The molecule has 0 fully saturated rings. The minimum absolute atomic E-state index is 0.103. The van der Waals surface area contributed by atoms with E-state index in [4.69, 9.17) is 20.8 Å². The molecule has 27 heavy (non-hydrogen) atoms. The smallest absolute Gasteiger partial charge is 0.338 e. The summed E-state index contributed by atoms with van der Waals surface area (Å²) in [4.78, 5) is 24.4. The van der Waals surface area contributed by atoms with E-state index < -0.39 is 17.7 Å². The normalized spacial score (nSPS) is 10.5. The van der Waals surface area contributed by atoms with Crippen molar-refractivity contribution in [1.82, 2.24) is 0 Å². The van der Waals surface area contributed by atoms with E-state index in [1.807, 2.05) is 0 Å². The highest BCUT2D eigenvalue weighted by atomic mass is 35.5. The zero-order valence-electron chi connectivity index (χ0n) is 14.3. The molecule has 0 atom stereocenters. The Bertz CT molecular complexity index is 965. The number of ether oxygens (including phenoxy) is 1. The lowest BCUT2D eigenvalue weighted by molar-refractivity contribution is 0.0469. The van der Waals surface area contributed by atoms with E-state index in [1.54, 1.807) is 25.1 Å². The third kappa shape index (κ3) is 4.35. The van der Waals surface area contributed by atoms with Gasteiger partial charge in [-0.1, -0.05) is 23.7 Å². The Hall–Kier alpha value is -3.12. The van der Waals surface area contributed by atoms with E-state index in [9.17, 15) is 14.0 Å². The number of amides is 1. The van der Waals surface area contributed by atoms with E-state index in [0.29, 0.717) is 5.69 Å². The number of benzene rings is 2. The number of aryl methyl sites for hydroxylation is 1. The Balaban J connectivity index is 1.73. The largest absolute Gasteiger partial charge is 0.459 e. The molecule has 0 aliphatic heterocycles. The Labute approximate surface area is 159 Å². The number of carbonyl (C=O) groups is 2. The zero-order chi connectivity index (χ0) is 19.4. The predicted molar refractivity (Wildman–Crippen MR) is 98.4 cm³/mol. The fourth-order valence-corrected chi connectivity index (χ4v) is 2.58. The van der Waals surface area contributed by atoms with Crippen molar-refractivity contribution in [3.63, 3.8) is 0 Å². The summed E-state index contributed by atoms with van der Waals surface area (Å²) < 4.78 is 24.0. The molecular formula is C20H15ClFNO4. The molecule has 0 radical (unpaired) electrons. The van der Waals surface area contributed by atoms with Gasteiger partial charge in [0.1, 0.15) is 12.4 Å². The molecule has 3 aromatic rings. The van der Waals surface area contributed by atoms with Gasteiger partial charge in [-0.3, -0.25) is 4.79 Å². The number of rotatable bonds is 5. The van der Waals surface area contributed by atoms with Gasteiger partial charge in [0.2, 0.25) is 0 Å². The second-order valence-corrected chi connectivity index (χ2v) is 6.14. The van der Waals surface area contributed by atoms with Crippen LogP contribution in [0.2, 0.25) is 5.02 Å². The zero-order valence-corrected chi connectivity index (χ0v) is 15.0. The second kappa shape index (κ2) is 8.05. The molecular weight excluding hydrogens is 373 g/mol. The van der Waals surface area contributed by atoms with Gasteiger partial charge < -0.3 is 14.5 Å². The molecule has 2 aromatic carbocycles. The molecule has 0 bridgehead atoms. The molecule has 138 valence electrons. The number of halogens is 2. The Morgan fingerprint density at radius 3 is 2.70 bits per heavy atom. The number of furan rings is 1. The topological polar surface area (TPSA) is 68.5 Å². The van der Waals surface area contributed by atoms with Crippen LogP contribution in [0.1, 0.15) is 32.0 Å². The van der Waals surface area contributed by atoms with Gasteiger partial charge in [0.25, 0.3) is 5.91 Å². The molecule has 0 aliphatic rings. The van der Waals surface area contributed by atoms with Crippen LogP contribution >= 0.6 is 11.6 Å². The minimum atomic E-state index is -0.664. The second-order valence-electron chi connectivity index (χ2n) is 5.74. The quantitative estimate of drug-likeness (QED) is 0.626. The number of esters is 1. The van der Waals surface area contributed by atoms with Crippen LogP contribution in [0.25, 0.3) is 0 Å². The van der Waals surface area contributed by atoms with Gasteiger partial charge in [-0.05, 0) is 48.9 Å². The van der Waals surface area contributed by atoms with Gasteiger partial charge >= 0.3 is 5.97 Å². The molecule has 0 spiro atoms. The first-order valence-corrected chi connectivity index (χ1v) is 8.39. The van der Waals surface area contributed by atoms with Crippen LogP contribution in [0.4, 0.5) is 10.1 Å². The van der Waals surface area contributed by atoms with Crippen LogP contribution in [-0.2, 0) is 11.3 Å². The molecule has 0 unspecified atom stereocenters. The molecule has 0 saturated carbocycles. The number of carbonyl (C=O) groups excluding carboxylic acids is 2. The molecule has 1 amide bonds. The van der Waals surface area contributed by atoms with Gasteiger partial charge in [0, 0.05) is 11.3 Å².